The first-order valence-electron chi connectivity index (χ1n) is 9.40. The van der Waals surface area contributed by atoms with Gasteiger partial charge in [-0.05, 0) is 53.2 Å². The van der Waals surface area contributed by atoms with Gasteiger partial charge in [-0.1, -0.05) is 29.8 Å². The van der Waals surface area contributed by atoms with Crippen LogP contribution in [-0.2, 0) is 16.0 Å². The molecule has 1 fully saturated rings. The Morgan fingerprint density at radius 1 is 1.10 bits per heavy atom. The highest BCUT2D eigenvalue weighted by Crippen LogP contribution is 2.32. The Kier molecular flexibility index (Phi) is 7.59. The fourth-order valence-electron chi connectivity index (χ4n) is 2.95. The Morgan fingerprint density at radius 2 is 1.81 bits per heavy atom. The number of methoxy groups -OCH3 is 2. The zero-order valence-corrected chi connectivity index (χ0v) is 18.6. The van der Waals surface area contributed by atoms with Gasteiger partial charge in [-0.15, -0.1) is 0 Å². The van der Waals surface area contributed by atoms with Crippen molar-refractivity contribution < 1.29 is 23.9 Å². The van der Waals surface area contributed by atoms with Gasteiger partial charge in [-0.2, -0.15) is 0 Å². The second kappa shape index (κ2) is 10.4. The quantitative estimate of drug-likeness (QED) is 0.604. The van der Waals surface area contributed by atoms with Gasteiger partial charge in [-0.3, -0.25) is 19.3 Å². The number of hydrogen-bond acceptors (Lipinski definition) is 6. The minimum Gasteiger partial charge on any atom is -0.493 e. The smallest absolute Gasteiger partial charge is 0.293 e. The maximum atomic E-state index is 12.5. The summed E-state index contributed by atoms with van der Waals surface area (Å²) in [5.74, 6) is 0.519. The summed E-state index contributed by atoms with van der Waals surface area (Å²) in [5.41, 5.74) is 1.53. The lowest BCUT2D eigenvalue weighted by molar-refractivity contribution is -0.124. The summed E-state index contributed by atoms with van der Waals surface area (Å²) < 4.78 is 10.4. The zero-order valence-electron chi connectivity index (χ0n) is 17.0. The molecule has 0 aliphatic carbocycles. The van der Waals surface area contributed by atoms with E-state index in [-0.39, 0.29) is 36.6 Å². The van der Waals surface area contributed by atoms with Gasteiger partial charge in [-0.25, -0.2) is 0 Å². The largest absolute Gasteiger partial charge is 0.493 e. The summed E-state index contributed by atoms with van der Waals surface area (Å²) in [4.78, 5) is 38.4. The summed E-state index contributed by atoms with van der Waals surface area (Å²) in [5, 5.41) is 2.97. The van der Waals surface area contributed by atoms with Gasteiger partial charge in [0.2, 0.25) is 5.91 Å². The Hall–Kier alpha value is -2.97. The summed E-state index contributed by atoms with van der Waals surface area (Å²) in [7, 11) is 3.07. The summed E-state index contributed by atoms with van der Waals surface area (Å²) in [6, 6.07) is 12.2. The molecule has 0 atom stereocenters. The van der Waals surface area contributed by atoms with Crippen LogP contribution in [0.3, 0.4) is 0 Å². The lowest BCUT2D eigenvalue weighted by atomic mass is 10.1. The highest BCUT2D eigenvalue weighted by atomic mass is 35.5. The van der Waals surface area contributed by atoms with Crippen LogP contribution in [0.4, 0.5) is 4.79 Å². The van der Waals surface area contributed by atoms with Crippen LogP contribution in [0.15, 0.2) is 47.4 Å². The van der Waals surface area contributed by atoms with Crippen LogP contribution in [0.5, 0.6) is 11.5 Å². The van der Waals surface area contributed by atoms with Crippen molar-refractivity contribution in [1.29, 1.82) is 0 Å². The number of halogens is 1. The Labute approximate surface area is 189 Å². The van der Waals surface area contributed by atoms with Gasteiger partial charge < -0.3 is 14.8 Å². The van der Waals surface area contributed by atoms with Crippen LogP contribution < -0.4 is 14.8 Å². The topological polar surface area (TPSA) is 84.9 Å². The molecule has 0 spiro atoms. The molecule has 0 unspecified atom stereocenters. The molecule has 0 saturated carbocycles. The van der Waals surface area contributed by atoms with E-state index < -0.39 is 0 Å². The van der Waals surface area contributed by atoms with Gasteiger partial charge in [0.15, 0.2) is 11.5 Å². The van der Waals surface area contributed by atoms with Crippen molar-refractivity contribution in [2.75, 3.05) is 27.3 Å². The monoisotopic (exact) mass is 460 g/mol. The molecular weight excluding hydrogens is 440 g/mol. The third-order valence-corrected chi connectivity index (χ3v) is 5.67. The maximum Gasteiger partial charge on any atom is 0.293 e. The van der Waals surface area contributed by atoms with Crippen LogP contribution in [0.2, 0.25) is 5.02 Å². The number of nitrogens with one attached hydrogen (secondary N) is 1. The molecule has 1 N–H and O–H groups in total. The minimum atomic E-state index is -0.376. The minimum absolute atomic E-state index is 0.0975. The molecular formula is C22H21ClN2O5S. The zero-order chi connectivity index (χ0) is 22.4. The van der Waals surface area contributed by atoms with Crippen LogP contribution >= 0.6 is 23.4 Å². The van der Waals surface area contributed by atoms with Crippen LogP contribution in [0.1, 0.15) is 11.1 Å². The molecule has 1 saturated heterocycles. The Morgan fingerprint density at radius 3 is 2.48 bits per heavy atom. The molecule has 2 aromatic rings. The van der Waals surface area contributed by atoms with E-state index in [1.165, 1.54) is 7.11 Å². The number of rotatable bonds is 8. The normalized spacial score (nSPS) is 14.8. The van der Waals surface area contributed by atoms with Crippen LogP contribution in [0, 0.1) is 0 Å². The molecule has 162 valence electrons. The van der Waals surface area contributed by atoms with E-state index in [1.54, 1.807) is 55.7 Å². The summed E-state index contributed by atoms with van der Waals surface area (Å²) in [6.45, 7) is 0.263. The van der Waals surface area contributed by atoms with Gasteiger partial charge in [0.05, 0.1) is 25.5 Å². The first-order chi connectivity index (χ1) is 14.9. The average Bonchev–Trinajstić information content (AvgIpc) is 3.02. The standard InChI is InChI=1S/C22H21ClN2O5S/c1-29-17-8-5-15(11-18(17)30-2)13-20(26)24-9-10-25-21(27)19(31-22(25)28)12-14-3-6-16(23)7-4-14/h3-8,11-12H,9-10,13H2,1-2H3,(H,24,26). The number of hydrogen-bond donors (Lipinski definition) is 1. The summed E-state index contributed by atoms with van der Waals surface area (Å²) in [6.07, 6.45) is 1.79. The first kappa shape index (κ1) is 22.7. The Bertz CT molecular complexity index is 1020. The van der Waals surface area contributed by atoms with Crippen molar-refractivity contribution in [3.63, 3.8) is 0 Å². The van der Waals surface area contributed by atoms with Crippen molar-refractivity contribution in [2.45, 2.75) is 6.42 Å². The molecule has 3 amide bonds. The number of ether oxygens (including phenoxy) is 2. The van der Waals surface area contributed by atoms with Crippen molar-refractivity contribution in [3.05, 3.63) is 63.5 Å². The van der Waals surface area contributed by atoms with Crippen molar-refractivity contribution in [3.8, 4) is 11.5 Å². The highest BCUT2D eigenvalue weighted by molar-refractivity contribution is 8.18. The number of benzene rings is 2. The van der Waals surface area contributed by atoms with E-state index in [9.17, 15) is 14.4 Å². The van der Waals surface area contributed by atoms with Gasteiger partial charge in [0, 0.05) is 18.1 Å². The lowest BCUT2D eigenvalue weighted by Gasteiger charge is -2.13. The third-order valence-electron chi connectivity index (χ3n) is 4.51. The van der Waals surface area contributed by atoms with Gasteiger partial charge >= 0.3 is 0 Å². The predicted octanol–water partition coefficient (Wildman–Crippen LogP) is 3.75. The molecule has 0 bridgehead atoms. The molecule has 0 aromatic heterocycles. The number of carbonyl (C=O) groups excluding carboxylic acids is 3. The van der Waals surface area contributed by atoms with E-state index in [0.717, 1.165) is 27.8 Å². The molecule has 1 aliphatic heterocycles. The second-order valence-corrected chi connectivity index (χ2v) is 8.03. The Balaban J connectivity index is 1.53. The fraction of sp³-hybridized carbons (Fsp3) is 0.227. The van der Waals surface area contributed by atoms with Crippen molar-refractivity contribution in [2.24, 2.45) is 0 Å². The first-order valence-corrected chi connectivity index (χ1v) is 10.6. The van der Waals surface area contributed by atoms with Gasteiger partial charge in [0.25, 0.3) is 11.1 Å². The molecule has 2 aromatic carbocycles. The molecule has 0 radical (unpaired) electrons. The van der Waals surface area contributed by atoms with Gasteiger partial charge in [0.1, 0.15) is 0 Å². The second-order valence-electron chi connectivity index (χ2n) is 6.60. The number of imide groups is 1. The third kappa shape index (κ3) is 5.80. The maximum absolute atomic E-state index is 12.5. The number of carbonyl (C=O) groups is 3. The van der Waals surface area contributed by atoms with E-state index >= 15 is 0 Å². The lowest BCUT2D eigenvalue weighted by Crippen LogP contribution is -2.37. The number of thioether (sulfide) groups is 1. The molecule has 9 heteroatoms. The predicted molar refractivity (Wildman–Crippen MR) is 120 cm³/mol. The molecule has 7 nitrogen and oxygen atoms in total. The fourth-order valence-corrected chi connectivity index (χ4v) is 3.94. The number of amides is 3. The molecule has 1 heterocycles. The molecule has 3 rings (SSSR count). The average molecular weight is 461 g/mol. The highest BCUT2D eigenvalue weighted by Gasteiger charge is 2.34. The van der Waals surface area contributed by atoms with E-state index in [2.05, 4.69) is 5.32 Å². The van der Waals surface area contributed by atoms with E-state index in [0.29, 0.717) is 21.4 Å². The van der Waals surface area contributed by atoms with E-state index in [4.69, 9.17) is 21.1 Å². The van der Waals surface area contributed by atoms with Crippen LogP contribution in [-0.4, -0.2) is 49.3 Å². The molecule has 31 heavy (non-hydrogen) atoms. The summed E-state index contributed by atoms with van der Waals surface area (Å²) >= 11 is 6.74. The number of nitrogens with zero attached hydrogens (tertiary/aromatic N) is 1. The van der Waals surface area contributed by atoms with E-state index in [1.807, 2.05) is 0 Å². The van der Waals surface area contributed by atoms with Crippen molar-refractivity contribution >= 4 is 46.5 Å². The van der Waals surface area contributed by atoms with Crippen LogP contribution in [0.25, 0.3) is 6.08 Å². The molecule has 1 aliphatic rings. The SMILES string of the molecule is COc1ccc(CC(=O)NCCN2C(=O)SC(=Cc3ccc(Cl)cc3)C2=O)cc1OC. The van der Waals surface area contributed by atoms with Crippen molar-refractivity contribution in [1.82, 2.24) is 10.2 Å².